The Morgan fingerprint density at radius 1 is 0.971 bits per heavy atom. The highest BCUT2D eigenvalue weighted by atomic mass is 35.5. The Labute approximate surface area is 211 Å². The molecule has 2 aromatic carbocycles. The van der Waals surface area contributed by atoms with Crippen molar-refractivity contribution in [2.75, 3.05) is 13.7 Å². The summed E-state index contributed by atoms with van der Waals surface area (Å²) in [5.74, 6) is -0.0682. The molecule has 1 aliphatic rings. The first kappa shape index (κ1) is 26.4. The average Bonchev–Trinajstić information content (AvgIpc) is 2.76. The zero-order valence-electron chi connectivity index (χ0n) is 18.6. The number of hydrogen-bond acceptors (Lipinski definition) is 8. The third-order valence-corrected chi connectivity index (χ3v) is 5.58. The molecule has 0 spiro atoms. The van der Waals surface area contributed by atoms with Gasteiger partial charge in [-0.3, -0.25) is 9.59 Å². The van der Waals surface area contributed by atoms with Crippen molar-refractivity contribution in [2.45, 2.75) is 44.9 Å². The highest BCUT2D eigenvalue weighted by molar-refractivity contribution is 6.35. The zero-order chi connectivity index (χ0) is 24.8. The van der Waals surface area contributed by atoms with Crippen molar-refractivity contribution in [2.24, 2.45) is 0 Å². The molecule has 0 N–H and O–H groups in total. The maximum Gasteiger partial charge on any atom is 0.303 e. The first-order chi connectivity index (χ1) is 16.2. The van der Waals surface area contributed by atoms with E-state index in [2.05, 4.69) is 0 Å². The number of carbonyl (C=O) groups is 2. The van der Waals surface area contributed by atoms with Gasteiger partial charge in [0.05, 0.1) is 5.02 Å². The van der Waals surface area contributed by atoms with Gasteiger partial charge in [-0.1, -0.05) is 34.8 Å². The summed E-state index contributed by atoms with van der Waals surface area (Å²) in [4.78, 5) is 23.0. The fourth-order valence-electron chi connectivity index (χ4n) is 3.35. The number of hydrogen-bond donors (Lipinski definition) is 0. The second-order valence-corrected chi connectivity index (χ2v) is 8.66. The number of halogens is 3. The Kier molecular flexibility index (Phi) is 9.27. The van der Waals surface area contributed by atoms with Crippen molar-refractivity contribution >= 4 is 46.7 Å². The monoisotopic (exact) mass is 532 g/mol. The molecular weight excluding hydrogens is 511 g/mol. The van der Waals surface area contributed by atoms with E-state index >= 15 is 0 Å². The molecule has 3 rings (SSSR count). The summed E-state index contributed by atoms with van der Waals surface area (Å²) in [6, 6.07) is 9.63. The van der Waals surface area contributed by atoms with E-state index in [-0.39, 0.29) is 18.8 Å². The molecule has 0 bridgehead atoms. The van der Waals surface area contributed by atoms with Crippen LogP contribution in [0, 0.1) is 0 Å². The molecule has 34 heavy (non-hydrogen) atoms. The van der Waals surface area contributed by atoms with Crippen molar-refractivity contribution < 1.29 is 38.0 Å². The molecule has 0 aliphatic carbocycles. The molecule has 4 unspecified atom stereocenters. The van der Waals surface area contributed by atoms with Gasteiger partial charge in [-0.05, 0) is 30.3 Å². The van der Waals surface area contributed by atoms with Crippen LogP contribution in [-0.2, 0) is 28.5 Å². The quantitative estimate of drug-likeness (QED) is 0.414. The summed E-state index contributed by atoms with van der Waals surface area (Å²) < 4.78 is 33.9. The van der Waals surface area contributed by atoms with Gasteiger partial charge >= 0.3 is 11.9 Å². The Morgan fingerprint density at radius 3 is 2.26 bits per heavy atom. The Balaban J connectivity index is 1.83. The lowest BCUT2D eigenvalue weighted by Crippen LogP contribution is -2.54. The van der Waals surface area contributed by atoms with Crippen LogP contribution < -0.4 is 9.47 Å². The Hall–Kier alpha value is -2.23. The minimum absolute atomic E-state index is 0.160. The minimum Gasteiger partial charge on any atom is -0.463 e. The molecule has 8 nitrogen and oxygen atoms in total. The van der Waals surface area contributed by atoms with Crippen LogP contribution in [0.3, 0.4) is 0 Å². The summed E-state index contributed by atoms with van der Waals surface area (Å²) in [6.45, 7) is 2.38. The van der Waals surface area contributed by atoms with Gasteiger partial charge in [-0.15, -0.1) is 0 Å². The molecule has 2 aromatic rings. The van der Waals surface area contributed by atoms with E-state index in [0.29, 0.717) is 26.6 Å². The highest BCUT2D eigenvalue weighted by Gasteiger charge is 2.43. The molecule has 1 aliphatic heterocycles. The van der Waals surface area contributed by atoms with Crippen LogP contribution in [-0.4, -0.2) is 50.3 Å². The number of benzene rings is 2. The first-order valence-corrected chi connectivity index (χ1v) is 11.4. The van der Waals surface area contributed by atoms with Crippen LogP contribution >= 0.6 is 34.8 Å². The van der Waals surface area contributed by atoms with Gasteiger partial charge < -0.3 is 28.4 Å². The lowest BCUT2D eigenvalue weighted by atomic mass is 10.0. The van der Waals surface area contributed by atoms with Gasteiger partial charge in [0, 0.05) is 43.5 Å². The fraction of sp³-hybridized carbons (Fsp3) is 0.391. The lowest BCUT2D eigenvalue weighted by molar-refractivity contribution is -0.244. The van der Waals surface area contributed by atoms with E-state index in [1.165, 1.54) is 21.0 Å². The molecule has 11 heteroatoms. The predicted molar refractivity (Wildman–Crippen MR) is 125 cm³/mol. The van der Waals surface area contributed by atoms with Gasteiger partial charge in [-0.2, -0.15) is 0 Å². The van der Waals surface area contributed by atoms with Gasteiger partial charge in [0.25, 0.3) is 0 Å². The molecule has 184 valence electrons. The molecule has 0 amide bonds. The second kappa shape index (κ2) is 12.0. The van der Waals surface area contributed by atoms with Gasteiger partial charge in [-0.25, -0.2) is 0 Å². The minimum atomic E-state index is -0.862. The van der Waals surface area contributed by atoms with Crippen molar-refractivity contribution in [1.82, 2.24) is 0 Å². The van der Waals surface area contributed by atoms with E-state index in [0.717, 1.165) is 0 Å². The summed E-state index contributed by atoms with van der Waals surface area (Å²) in [7, 11) is 1.48. The largest absolute Gasteiger partial charge is 0.463 e. The Bertz CT molecular complexity index is 1030. The van der Waals surface area contributed by atoms with Crippen molar-refractivity contribution in [3.05, 3.63) is 51.5 Å². The van der Waals surface area contributed by atoms with Crippen LogP contribution in [0.15, 0.2) is 36.4 Å². The highest BCUT2D eigenvalue weighted by Crippen LogP contribution is 2.39. The van der Waals surface area contributed by atoms with E-state index < -0.39 is 36.5 Å². The molecular formula is C23H23Cl3O8. The standard InChI is InChI=1S/C23H23Cl3O8/c1-12(27)30-11-21-23(31-13(2)28)20(29-3)10-22(34-21)33-19-9-15(25)5-7-18(19)32-17-6-4-14(24)8-16(17)26/h4-9,20-23H,10-11H2,1-3H3. The normalized spacial score (nSPS) is 22.1. The third kappa shape index (κ3) is 7.13. The van der Waals surface area contributed by atoms with Gasteiger partial charge in [0.2, 0.25) is 6.29 Å². The van der Waals surface area contributed by atoms with Crippen LogP contribution in [0.1, 0.15) is 20.3 Å². The zero-order valence-corrected chi connectivity index (χ0v) is 20.9. The van der Waals surface area contributed by atoms with Gasteiger partial charge in [0.1, 0.15) is 24.6 Å². The number of ether oxygens (including phenoxy) is 6. The molecule has 0 aromatic heterocycles. The summed E-state index contributed by atoms with van der Waals surface area (Å²) in [6.07, 6.45) is -2.87. The van der Waals surface area contributed by atoms with Crippen LogP contribution in [0.25, 0.3) is 0 Å². The van der Waals surface area contributed by atoms with Crippen molar-refractivity contribution in [3.8, 4) is 17.2 Å². The molecule has 1 saturated heterocycles. The summed E-state index contributed by atoms with van der Waals surface area (Å²) >= 11 is 18.4. The molecule has 4 atom stereocenters. The van der Waals surface area contributed by atoms with Crippen molar-refractivity contribution in [3.63, 3.8) is 0 Å². The van der Waals surface area contributed by atoms with Crippen LogP contribution in [0.2, 0.25) is 15.1 Å². The molecule has 1 fully saturated rings. The molecule has 0 radical (unpaired) electrons. The molecule has 1 heterocycles. The van der Waals surface area contributed by atoms with E-state index in [1.54, 1.807) is 36.4 Å². The third-order valence-electron chi connectivity index (χ3n) is 4.82. The summed E-state index contributed by atoms with van der Waals surface area (Å²) in [5, 5.41) is 1.18. The van der Waals surface area contributed by atoms with E-state index in [9.17, 15) is 9.59 Å². The van der Waals surface area contributed by atoms with Crippen LogP contribution in [0.5, 0.6) is 17.2 Å². The lowest BCUT2D eigenvalue weighted by Gasteiger charge is -2.39. The average molecular weight is 534 g/mol. The number of methoxy groups -OCH3 is 1. The smallest absolute Gasteiger partial charge is 0.303 e. The first-order valence-electron chi connectivity index (χ1n) is 10.2. The topological polar surface area (TPSA) is 89.5 Å². The number of esters is 2. The van der Waals surface area contributed by atoms with E-state index in [1.807, 2.05) is 0 Å². The Morgan fingerprint density at radius 2 is 1.65 bits per heavy atom. The predicted octanol–water partition coefficient (Wildman–Crippen LogP) is 5.44. The summed E-state index contributed by atoms with van der Waals surface area (Å²) in [5.41, 5.74) is 0. The number of rotatable bonds is 8. The second-order valence-electron chi connectivity index (χ2n) is 7.38. The van der Waals surface area contributed by atoms with Gasteiger partial charge in [0.15, 0.2) is 17.6 Å². The number of carbonyl (C=O) groups excluding carboxylic acids is 2. The van der Waals surface area contributed by atoms with E-state index in [4.69, 9.17) is 63.2 Å². The SMILES string of the molecule is COC1CC(Oc2cc(Cl)ccc2Oc2ccc(Cl)cc2Cl)OC(COC(C)=O)C1OC(C)=O. The van der Waals surface area contributed by atoms with Crippen molar-refractivity contribution in [1.29, 1.82) is 0 Å². The fourth-order valence-corrected chi connectivity index (χ4v) is 3.96. The maximum absolute atomic E-state index is 11.6. The molecule has 0 saturated carbocycles. The maximum atomic E-state index is 11.6. The van der Waals surface area contributed by atoms with Crippen LogP contribution in [0.4, 0.5) is 0 Å².